The molecule has 2 rings (SSSR count). The van der Waals surface area contributed by atoms with Crippen molar-refractivity contribution in [3.05, 3.63) is 52.2 Å². The molecule has 0 saturated heterocycles. The molecule has 2 aromatic rings. The molecule has 1 heterocycles. The van der Waals surface area contributed by atoms with Gasteiger partial charge in [-0.1, -0.05) is 12.1 Å². The van der Waals surface area contributed by atoms with Crippen LogP contribution in [0.3, 0.4) is 0 Å². The summed E-state index contributed by atoms with van der Waals surface area (Å²) in [6.07, 6.45) is 1.54. The summed E-state index contributed by atoms with van der Waals surface area (Å²) in [6.45, 7) is 1.73. The normalized spacial score (nSPS) is 10.3. The lowest BCUT2D eigenvalue weighted by Crippen LogP contribution is -2.18. The minimum atomic E-state index is -1.05. The molecular formula is C11H10N2O3. The molecule has 82 valence electrons. The zero-order valence-corrected chi connectivity index (χ0v) is 8.60. The van der Waals surface area contributed by atoms with Crippen molar-refractivity contribution < 1.29 is 9.90 Å². The number of para-hydroxylation sites is 1. The van der Waals surface area contributed by atoms with Crippen molar-refractivity contribution in [2.45, 2.75) is 6.92 Å². The number of benzene rings is 1. The Kier molecular flexibility index (Phi) is 2.36. The number of aromatic nitrogens is 2. The third-order valence-electron chi connectivity index (χ3n) is 2.34. The maximum absolute atomic E-state index is 11.5. The first kappa shape index (κ1) is 10.2. The second-order valence-electron chi connectivity index (χ2n) is 3.39. The molecule has 5 nitrogen and oxygen atoms in total. The number of hydrogen-bond acceptors (Lipinski definition) is 2. The number of imidazole rings is 1. The Morgan fingerprint density at radius 3 is 2.62 bits per heavy atom. The molecule has 0 aliphatic rings. The number of carboxylic acid groups (broad SMARTS) is 1. The SMILES string of the molecule is Cc1c[nH]c(=O)n1-c1ccccc1C(=O)O. The number of aromatic amines is 1. The minimum Gasteiger partial charge on any atom is -0.478 e. The summed E-state index contributed by atoms with van der Waals surface area (Å²) in [5, 5.41) is 9.02. The van der Waals surface area contributed by atoms with Crippen molar-refractivity contribution in [3.8, 4) is 5.69 Å². The zero-order valence-electron chi connectivity index (χ0n) is 8.60. The number of nitrogens with one attached hydrogen (secondary N) is 1. The van der Waals surface area contributed by atoms with Crippen LogP contribution >= 0.6 is 0 Å². The van der Waals surface area contributed by atoms with E-state index in [0.717, 1.165) is 0 Å². The van der Waals surface area contributed by atoms with Crippen molar-refractivity contribution in [2.75, 3.05) is 0 Å². The molecule has 0 spiro atoms. The number of H-pyrrole nitrogens is 1. The number of hydrogen-bond donors (Lipinski definition) is 2. The van der Waals surface area contributed by atoms with Gasteiger partial charge in [-0.2, -0.15) is 0 Å². The highest BCUT2D eigenvalue weighted by molar-refractivity contribution is 5.91. The van der Waals surface area contributed by atoms with Gasteiger partial charge in [-0.3, -0.25) is 4.57 Å². The van der Waals surface area contributed by atoms with E-state index in [2.05, 4.69) is 4.98 Å². The predicted octanol–water partition coefficient (Wildman–Crippen LogP) is 1.17. The van der Waals surface area contributed by atoms with Crippen LogP contribution in [-0.2, 0) is 0 Å². The summed E-state index contributed by atoms with van der Waals surface area (Å²) in [7, 11) is 0. The van der Waals surface area contributed by atoms with Gasteiger partial charge in [-0.15, -0.1) is 0 Å². The molecule has 0 bridgehead atoms. The molecule has 0 amide bonds. The topological polar surface area (TPSA) is 75.1 Å². The Morgan fingerprint density at radius 1 is 1.38 bits per heavy atom. The van der Waals surface area contributed by atoms with E-state index in [4.69, 9.17) is 5.11 Å². The van der Waals surface area contributed by atoms with Crippen LogP contribution in [0.5, 0.6) is 0 Å². The van der Waals surface area contributed by atoms with E-state index in [9.17, 15) is 9.59 Å². The Morgan fingerprint density at radius 2 is 2.06 bits per heavy atom. The highest BCUT2D eigenvalue weighted by Crippen LogP contribution is 2.14. The van der Waals surface area contributed by atoms with Crippen molar-refractivity contribution in [1.82, 2.24) is 9.55 Å². The molecule has 0 aliphatic carbocycles. The summed E-state index contributed by atoms with van der Waals surface area (Å²) < 4.78 is 1.34. The first-order valence-electron chi connectivity index (χ1n) is 4.71. The van der Waals surface area contributed by atoms with Gasteiger partial charge < -0.3 is 10.1 Å². The lowest BCUT2D eigenvalue weighted by Gasteiger charge is -2.07. The summed E-state index contributed by atoms with van der Waals surface area (Å²) in [4.78, 5) is 25.1. The molecule has 0 aliphatic heterocycles. The van der Waals surface area contributed by atoms with Gasteiger partial charge >= 0.3 is 11.7 Å². The molecule has 5 heteroatoms. The number of aromatic carboxylic acids is 1. The molecule has 0 atom stereocenters. The lowest BCUT2D eigenvalue weighted by atomic mass is 10.2. The van der Waals surface area contributed by atoms with Gasteiger partial charge in [0.1, 0.15) is 0 Å². The van der Waals surface area contributed by atoms with Gasteiger partial charge in [0, 0.05) is 11.9 Å². The summed E-state index contributed by atoms with van der Waals surface area (Å²) in [6, 6.07) is 6.39. The molecule has 1 aromatic carbocycles. The molecule has 0 fully saturated rings. The predicted molar refractivity (Wildman–Crippen MR) is 58.1 cm³/mol. The first-order chi connectivity index (χ1) is 7.61. The molecule has 1 aromatic heterocycles. The molecule has 0 saturated carbocycles. The maximum atomic E-state index is 11.5. The van der Waals surface area contributed by atoms with Gasteiger partial charge in [0.05, 0.1) is 11.3 Å². The van der Waals surface area contributed by atoms with Crippen LogP contribution in [0.4, 0.5) is 0 Å². The number of nitrogens with zero attached hydrogens (tertiary/aromatic N) is 1. The van der Waals surface area contributed by atoms with E-state index in [1.807, 2.05) is 0 Å². The monoisotopic (exact) mass is 218 g/mol. The van der Waals surface area contributed by atoms with Crippen LogP contribution in [0, 0.1) is 6.92 Å². The quantitative estimate of drug-likeness (QED) is 0.794. The Hall–Kier alpha value is -2.30. The van der Waals surface area contributed by atoms with E-state index >= 15 is 0 Å². The number of aryl methyl sites for hydroxylation is 1. The van der Waals surface area contributed by atoms with E-state index < -0.39 is 5.97 Å². The van der Waals surface area contributed by atoms with Crippen LogP contribution in [0.1, 0.15) is 16.1 Å². The van der Waals surface area contributed by atoms with Crippen LogP contribution in [0.2, 0.25) is 0 Å². The molecule has 2 N–H and O–H groups in total. The molecule has 0 unspecified atom stereocenters. The van der Waals surface area contributed by atoms with Crippen molar-refractivity contribution >= 4 is 5.97 Å². The van der Waals surface area contributed by atoms with Crippen LogP contribution in [-0.4, -0.2) is 20.6 Å². The molecular weight excluding hydrogens is 208 g/mol. The van der Waals surface area contributed by atoms with Crippen LogP contribution in [0.25, 0.3) is 5.69 Å². The van der Waals surface area contributed by atoms with E-state index in [1.165, 1.54) is 10.6 Å². The first-order valence-corrected chi connectivity index (χ1v) is 4.71. The van der Waals surface area contributed by atoms with Gasteiger partial charge in [-0.05, 0) is 19.1 Å². The lowest BCUT2D eigenvalue weighted by molar-refractivity contribution is 0.0697. The van der Waals surface area contributed by atoms with Crippen LogP contribution in [0.15, 0.2) is 35.3 Å². The standard InChI is InChI=1S/C11H10N2O3/c1-7-6-12-11(16)13(7)9-5-3-2-4-8(9)10(14)15/h2-6H,1H3,(H,12,16)(H,14,15). The summed E-state index contributed by atoms with van der Waals surface area (Å²) in [5.41, 5.74) is 0.802. The van der Waals surface area contributed by atoms with E-state index in [-0.39, 0.29) is 11.3 Å². The Labute approximate surface area is 91.0 Å². The fraction of sp³-hybridized carbons (Fsp3) is 0.0909. The summed E-state index contributed by atoms with van der Waals surface area (Å²) >= 11 is 0. The third kappa shape index (κ3) is 1.52. The number of rotatable bonds is 2. The van der Waals surface area contributed by atoms with Gasteiger partial charge in [0.25, 0.3) is 0 Å². The van der Waals surface area contributed by atoms with Crippen molar-refractivity contribution in [1.29, 1.82) is 0 Å². The van der Waals surface area contributed by atoms with Gasteiger partial charge in [0.2, 0.25) is 0 Å². The number of carboxylic acids is 1. The largest absolute Gasteiger partial charge is 0.478 e. The van der Waals surface area contributed by atoms with Gasteiger partial charge in [0.15, 0.2) is 0 Å². The summed E-state index contributed by atoms with van der Waals surface area (Å²) in [5.74, 6) is -1.05. The second kappa shape index (κ2) is 3.69. The van der Waals surface area contributed by atoms with Gasteiger partial charge in [-0.25, -0.2) is 9.59 Å². The third-order valence-corrected chi connectivity index (χ3v) is 2.34. The molecule has 0 radical (unpaired) electrons. The second-order valence-corrected chi connectivity index (χ2v) is 3.39. The Balaban J connectivity index is 2.74. The fourth-order valence-corrected chi connectivity index (χ4v) is 1.60. The Bertz CT molecular complexity index is 595. The van der Waals surface area contributed by atoms with Crippen molar-refractivity contribution in [2.24, 2.45) is 0 Å². The zero-order chi connectivity index (χ0) is 11.7. The minimum absolute atomic E-state index is 0.104. The number of carbonyl (C=O) groups is 1. The smallest absolute Gasteiger partial charge is 0.337 e. The average molecular weight is 218 g/mol. The van der Waals surface area contributed by atoms with E-state index in [0.29, 0.717) is 11.4 Å². The highest BCUT2D eigenvalue weighted by atomic mass is 16.4. The average Bonchev–Trinajstić information content (AvgIpc) is 2.58. The van der Waals surface area contributed by atoms with E-state index in [1.54, 1.807) is 31.3 Å². The van der Waals surface area contributed by atoms with Crippen molar-refractivity contribution in [3.63, 3.8) is 0 Å². The molecule has 16 heavy (non-hydrogen) atoms. The fourth-order valence-electron chi connectivity index (χ4n) is 1.60. The highest BCUT2D eigenvalue weighted by Gasteiger charge is 2.13. The maximum Gasteiger partial charge on any atom is 0.337 e. The van der Waals surface area contributed by atoms with Crippen LogP contribution < -0.4 is 5.69 Å².